The van der Waals surface area contributed by atoms with Gasteiger partial charge in [-0.05, 0) is 30.1 Å². The quantitative estimate of drug-likeness (QED) is 0.488. The Hall–Kier alpha value is 0.250. The average Bonchev–Trinajstić information content (AvgIpc) is 2.85. The fraction of sp³-hybridized carbons (Fsp3) is 1.00. The molecule has 2 heteroatoms. The first kappa shape index (κ1) is 8.83. The third-order valence-corrected chi connectivity index (χ3v) is 4.21. The van der Waals surface area contributed by atoms with Crippen molar-refractivity contribution >= 4 is 11.6 Å². The van der Waals surface area contributed by atoms with Gasteiger partial charge >= 0.3 is 0 Å². The molecule has 2 unspecified atom stereocenters. The van der Waals surface area contributed by atoms with Gasteiger partial charge in [0.05, 0.1) is 12.7 Å². The molecule has 0 bridgehead atoms. The Morgan fingerprint density at radius 2 is 2.08 bits per heavy atom. The van der Waals surface area contributed by atoms with E-state index >= 15 is 0 Å². The van der Waals surface area contributed by atoms with Gasteiger partial charge < -0.3 is 4.74 Å². The first-order chi connectivity index (χ1) is 5.60. The lowest BCUT2D eigenvalue weighted by Crippen LogP contribution is -2.11. The molecule has 1 heterocycles. The Labute approximate surface area is 79.4 Å². The molecule has 12 heavy (non-hydrogen) atoms. The zero-order chi connectivity index (χ0) is 8.82. The maximum atomic E-state index is 6.00. The van der Waals surface area contributed by atoms with Crippen molar-refractivity contribution in [3.05, 3.63) is 0 Å². The summed E-state index contributed by atoms with van der Waals surface area (Å²) in [5.74, 6) is 0.826. The van der Waals surface area contributed by atoms with Crippen LogP contribution in [0.15, 0.2) is 0 Å². The van der Waals surface area contributed by atoms with Gasteiger partial charge in [0, 0.05) is 5.88 Å². The van der Waals surface area contributed by atoms with Crippen molar-refractivity contribution in [1.29, 1.82) is 0 Å². The molecule has 1 nitrogen and oxygen atoms in total. The van der Waals surface area contributed by atoms with Crippen molar-refractivity contribution in [2.75, 3.05) is 12.5 Å². The maximum Gasteiger partial charge on any atom is 0.0810 e. The van der Waals surface area contributed by atoms with E-state index in [2.05, 4.69) is 13.8 Å². The monoisotopic (exact) mass is 188 g/mol. The molecule has 1 saturated heterocycles. The van der Waals surface area contributed by atoms with Crippen molar-refractivity contribution in [2.45, 2.75) is 39.2 Å². The van der Waals surface area contributed by atoms with E-state index in [4.69, 9.17) is 16.3 Å². The van der Waals surface area contributed by atoms with E-state index in [0.29, 0.717) is 16.9 Å². The zero-order valence-corrected chi connectivity index (χ0v) is 8.66. The Balaban J connectivity index is 1.83. The van der Waals surface area contributed by atoms with E-state index < -0.39 is 0 Å². The molecule has 0 aromatic carbocycles. The summed E-state index contributed by atoms with van der Waals surface area (Å²) >= 11 is 6.00. The molecular formula is C10H17ClO. The zero-order valence-electron chi connectivity index (χ0n) is 7.90. The first-order valence-corrected chi connectivity index (χ1v) is 5.31. The van der Waals surface area contributed by atoms with Gasteiger partial charge in [0.1, 0.15) is 0 Å². The molecular weight excluding hydrogens is 172 g/mol. The number of alkyl halides is 1. The minimum Gasteiger partial charge on any atom is -0.373 e. The van der Waals surface area contributed by atoms with Gasteiger partial charge in [-0.25, -0.2) is 0 Å². The van der Waals surface area contributed by atoms with Crippen LogP contribution in [0.3, 0.4) is 0 Å². The lowest BCUT2D eigenvalue weighted by atomic mass is 9.92. The molecule has 70 valence electrons. The molecule has 0 aromatic rings. The van der Waals surface area contributed by atoms with Crippen molar-refractivity contribution in [1.82, 2.24) is 0 Å². The number of hydrogen-bond donors (Lipinski definition) is 0. The van der Waals surface area contributed by atoms with Crippen LogP contribution in [-0.2, 0) is 4.74 Å². The molecule has 0 spiro atoms. The molecule has 0 aromatic heterocycles. The highest BCUT2D eigenvalue weighted by atomic mass is 35.5. The number of rotatable bonds is 4. The average molecular weight is 189 g/mol. The molecule has 0 radical (unpaired) electrons. The summed E-state index contributed by atoms with van der Waals surface area (Å²) in [6.07, 6.45) is 4.35. The number of ether oxygens (including phenoxy) is 1. The van der Waals surface area contributed by atoms with Crippen LogP contribution in [0.2, 0.25) is 0 Å². The Bertz CT molecular complexity index is 186. The molecule has 2 rings (SSSR count). The molecule has 1 saturated carbocycles. The van der Waals surface area contributed by atoms with Crippen molar-refractivity contribution in [3.63, 3.8) is 0 Å². The molecule has 2 fully saturated rings. The van der Waals surface area contributed by atoms with Gasteiger partial charge in [-0.15, -0.1) is 11.6 Å². The van der Waals surface area contributed by atoms with E-state index in [1.165, 1.54) is 19.3 Å². The first-order valence-electron chi connectivity index (χ1n) is 4.77. The minimum absolute atomic E-state index is 0.445. The van der Waals surface area contributed by atoms with Crippen LogP contribution < -0.4 is 0 Å². The van der Waals surface area contributed by atoms with E-state index in [1.807, 2.05) is 0 Å². The second-order valence-corrected chi connectivity index (χ2v) is 5.24. The third kappa shape index (κ3) is 1.38. The number of epoxide rings is 1. The fourth-order valence-corrected chi connectivity index (χ4v) is 2.79. The van der Waals surface area contributed by atoms with Crippen LogP contribution >= 0.6 is 11.6 Å². The smallest absolute Gasteiger partial charge is 0.0810 e. The van der Waals surface area contributed by atoms with E-state index in [1.54, 1.807) is 0 Å². The molecule has 0 amide bonds. The second kappa shape index (κ2) is 2.62. The Kier molecular flexibility index (Phi) is 1.93. The SMILES string of the molecule is CC1(C)CC1(CCl)CCC1CO1. The van der Waals surface area contributed by atoms with Crippen LogP contribution in [0.4, 0.5) is 0 Å². The van der Waals surface area contributed by atoms with Gasteiger partial charge in [-0.2, -0.15) is 0 Å². The fourth-order valence-electron chi connectivity index (χ4n) is 2.20. The van der Waals surface area contributed by atoms with Gasteiger partial charge in [0.2, 0.25) is 0 Å². The van der Waals surface area contributed by atoms with Crippen LogP contribution in [0.1, 0.15) is 33.1 Å². The minimum atomic E-state index is 0.445. The predicted octanol–water partition coefficient (Wildman–Crippen LogP) is 2.82. The van der Waals surface area contributed by atoms with Crippen LogP contribution in [0.25, 0.3) is 0 Å². The standard InChI is InChI=1S/C10H17ClO/c1-9(2)6-10(9,7-11)4-3-8-5-12-8/h8H,3-7H2,1-2H3. The molecule has 2 atom stereocenters. The van der Waals surface area contributed by atoms with Gasteiger partial charge in [0.15, 0.2) is 0 Å². The predicted molar refractivity (Wildman–Crippen MR) is 50.5 cm³/mol. The van der Waals surface area contributed by atoms with Crippen molar-refractivity contribution in [3.8, 4) is 0 Å². The second-order valence-electron chi connectivity index (χ2n) is 4.97. The number of hydrogen-bond acceptors (Lipinski definition) is 1. The van der Waals surface area contributed by atoms with Crippen LogP contribution in [0, 0.1) is 10.8 Å². The highest BCUT2D eigenvalue weighted by Crippen LogP contribution is 2.66. The lowest BCUT2D eigenvalue weighted by Gasteiger charge is -2.16. The largest absolute Gasteiger partial charge is 0.373 e. The van der Waals surface area contributed by atoms with Crippen molar-refractivity contribution in [2.24, 2.45) is 10.8 Å². The topological polar surface area (TPSA) is 12.5 Å². The van der Waals surface area contributed by atoms with E-state index in [0.717, 1.165) is 12.5 Å². The summed E-state index contributed by atoms with van der Waals surface area (Å²) in [6.45, 7) is 5.63. The molecule has 2 aliphatic rings. The lowest BCUT2D eigenvalue weighted by molar-refractivity contribution is 0.336. The highest BCUT2D eigenvalue weighted by Gasteiger charge is 2.59. The Morgan fingerprint density at radius 1 is 1.50 bits per heavy atom. The number of halogens is 1. The summed E-state index contributed by atoms with van der Waals surface area (Å²) in [4.78, 5) is 0. The van der Waals surface area contributed by atoms with Crippen LogP contribution in [0.5, 0.6) is 0 Å². The highest BCUT2D eigenvalue weighted by molar-refractivity contribution is 6.18. The molecule has 1 aliphatic carbocycles. The summed E-state index contributed by atoms with van der Waals surface area (Å²) in [5.41, 5.74) is 0.935. The Morgan fingerprint density at radius 3 is 2.42 bits per heavy atom. The molecule has 0 N–H and O–H groups in total. The third-order valence-electron chi connectivity index (χ3n) is 3.69. The summed E-state index contributed by atoms with van der Waals surface area (Å²) in [7, 11) is 0. The molecule has 1 aliphatic heterocycles. The maximum absolute atomic E-state index is 6.00. The van der Waals surface area contributed by atoms with Gasteiger partial charge in [-0.3, -0.25) is 0 Å². The summed E-state index contributed by atoms with van der Waals surface area (Å²) in [5, 5.41) is 0. The van der Waals surface area contributed by atoms with E-state index in [-0.39, 0.29) is 0 Å². The van der Waals surface area contributed by atoms with E-state index in [9.17, 15) is 0 Å². The normalized spacial score (nSPS) is 42.8. The summed E-state index contributed by atoms with van der Waals surface area (Å²) < 4.78 is 5.20. The summed E-state index contributed by atoms with van der Waals surface area (Å²) in [6, 6.07) is 0. The van der Waals surface area contributed by atoms with Gasteiger partial charge in [-0.1, -0.05) is 13.8 Å². The van der Waals surface area contributed by atoms with Gasteiger partial charge in [0.25, 0.3) is 0 Å². The van der Waals surface area contributed by atoms with Crippen LogP contribution in [-0.4, -0.2) is 18.6 Å². The van der Waals surface area contributed by atoms with Crippen molar-refractivity contribution < 1.29 is 4.74 Å².